The van der Waals surface area contributed by atoms with Crippen LogP contribution in [-0.2, 0) is 13.6 Å². The summed E-state index contributed by atoms with van der Waals surface area (Å²) in [4.78, 5) is 0. The zero-order valence-corrected chi connectivity index (χ0v) is 12.9. The van der Waals surface area contributed by atoms with Crippen molar-refractivity contribution in [3.05, 3.63) is 0 Å². The highest BCUT2D eigenvalue weighted by atomic mass is 31.2. The van der Waals surface area contributed by atoms with Crippen LogP contribution in [0.2, 0.25) is 0 Å². The molecule has 0 atom stereocenters. The van der Waals surface area contributed by atoms with E-state index in [1.54, 1.807) is 0 Å². The molecule has 1 fully saturated rings. The van der Waals surface area contributed by atoms with Crippen molar-refractivity contribution in [3.8, 4) is 0 Å². The molecular weight excluding hydrogens is 247 g/mol. The Labute approximate surface area is 112 Å². The van der Waals surface area contributed by atoms with E-state index in [0.29, 0.717) is 13.2 Å². The summed E-state index contributed by atoms with van der Waals surface area (Å²) in [5, 5.41) is 0. The zero-order valence-electron chi connectivity index (χ0n) is 12.0. The van der Waals surface area contributed by atoms with E-state index in [0.717, 1.165) is 38.5 Å². The number of hydrogen-bond donors (Lipinski definition) is 0. The molecule has 108 valence electrons. The van der Waals surface area contributed by atoms with E-state index in [9.17, 15) is 4.57 Å². The van der Waals surface area contributed by atoms with E-state index in [1.807, 2.05) is 0 Å². The third-order valence-corrected chi connectivity index (χ3v) is 6.06. The molecule has 0 aromatic heterocycles. The molecule has 0 heterocycles. The highest BCUT2D eigenvalue weighted by Gasteiger charge is 2.36. The fourth-order valence-electron chi connectivity index (χ4n) is 2.32. The third kappa shape index (κ3) is 5.42. The molecule has 0 saturated heterocycles. The maximum absolute atomic E-state index is 12.9. The average molecular weight is 276 g/mol. The van der Waals surface area contributed by atoms with Crippen molar-refractivity contribution in [2.75, 3.05) is 13.2 Å². The van der Waals surface area contributed by atoms with Gasteiger partial charge in [-0.2, -0.15) is 0 Å². The Morgan fingerprint density at radius 3 is 1.89 bits per heavy atom. The Hall–Kier alpha value is 0.150. The van der Waals surface area contributed by atoms with E-state index in [4.69, 9.17) is 9.05 Å². The van der Waals surface area contributed by atoms with Gasteiger partial charge in [-0.15, -0.1) is 0 Å². The summed E-state index contributed by atoms with van der Waals surface area (Å²) in [6, 6.07) is 0. The molecule has 3 nitrogen and oxygen atoms in total. The second kappa shape index (κ2) is 9.12. The van der Waals surface area contributed by atoms with Crippen molar-refractivity contribution in [2.24, 2.45) is 0 Å². The molecule has 0 bridgehead atoms. The summed E-state index contributed by atoms with van der Waals surface area (Å²) >= 11 is 0. The van der Waals surface area contributed by atoms with Crippen LogP contribution in [0.5, 0.6) is 0 Å². The van der Waals surface area contributed by atoms with E-state index in [-0.39, 0.29) is 5.66 Å². The summed E-state index contributed by atoms with van der Waals surface area (Å²) in [5.41, 5.74) is 0.153. The van der Waals surface area contributed by atoms with E-state index in [2.05, 4.69) is 13.8 Å². The van der Waals surface area contributed by atoms with Gasteiger partial charge in [-0.05, 0) is 25.7 Å². The number of hydrogen-bond acceptors (Lipinski definition) is 3. The molecule has 0 unspecified atom stereocenters. The van der Waals surface area contributed by atoms with Crippen LogP contribution >= 0.6 is 7.60 Å². The van der Waals surface area contributed by atoms with Gasteiger partial charge in [-0.25, -0.2) is 0 Å². The normalized spacial score (nSPS) is 18.1. The highest BCUT2D eigenvalue weighted by Crippen LogP contribution is 2.57. The Morgan fingerprint density at radius 2 is 1.44 bits per heavy atom. The highest BCUT2D eigenvalue weighted by molar-refractivity contribution is 7.54. The van der Waals surface area contributed by atoms with Crippen LogP contribution in [0.1, 0.15) is 71.6 Å². The first-order valence-corrected chi connectivity index (χ1v) is 9.23. The Balaban J connectivity index is 2.50. The van der Waals surface area contributed by atoms with Gasteiger partial charge >= 0.3 is 7.60 Å². The van der Waals surface area contributed by atoms with E-state index in [1.165, 1.54) is 19.3 Å². The minimum Gasteiger partial charge on any atom is -0.308 e. The monoisotopic (exact) mass is 276 g/mol. The molecule has 18 heavy (non-hydrogen) atoms. The molecule has 0 aliphatic heterocycles. The van der Waals surface area contributed by atoms with Crippen molar-refractivity contribution in [2.45, 2.75) is 77.3 Å². The average Bonchev–Trinajstić information content (AvgIpc) is 2.40. The lowest BCUT2D eigenvalue weighted by Crippen LogP contribution is -2.17. The topological polar surface area (TPSA) is 35.5 Å². The molecule has 1 aliphatic rings. The quantitative estimate of drug-likeness (QED) is 0.432. The van der Waals surface area contributed by atoms with Crippen molar-refractivity contribution in [3.63, 3.8) is 0 Å². The summed E-state index contributed by atoms with van der Waals surface area (Å²) in [6.45, 7) is 5.40. The van der Waals surface area contributed by atoms with Gasteiger partial charge < -0.3 is 9.05 Å². The van der Waals surface area contributed by atoms with Crippen LogP contribution in [0.4, 0.5) is 0 Å². The maximum Gasteiger partial charge on any atom is 0.333 e. The molecule has 1 aliphatic carbocycles. The predicted octanol–water partition coefficient (Wildman–Crippen LogP) is 5.15. The van der Waals surface area contributed by atoms with Gasteiger partial charge in [-0.3, -0.25) is 4.57 Å². The zero-order chi connectivity index (χ0) is 13.3. The van der Waals surface area contributed by atoms with Crippen molar-refractivity contribution in [1.82, 2.24) is 0 Å². The van der Waals surface area contributed by atoms with Gasteiger partial charge in [0.05, 0.1) is 18.9 Å². The summed E-state index contributed by atoms with van der Waals surface area (Å²) in [5.74, 6) is 0. The molecule has 1 saturated carbocycles. The van der Waals surface area contributed by atoms with Gasteiger partial charge in [-0.1, -0.05) is 46.0 Å². The summed E-state index contributed by atoms with van der Waals surface area (Å²) < 4.78 is 24.3. The first-order valence-electron chi connectivity index (χ1n) is 7.61. The lowest BCUT2D eigenvalue weighted by atomic mass is 10.0. The minimum absolute atomic E-state index is 0.153. The van der Waals surface area contributed by atoms with Crippen molar-refractivity contribution < 1.29 is 13.6 Å². The van der Waals surface area contributed by atoms with Crippen LogP contribution in [0.3, 0.4) is 0 Å². The molecule has 1 rings (SSSR count). The lowest BCUT2D eigenvalue weighted by Gasteiger charge is -2.29. The standard InChI is InChI=1S/C14H29O3P/c1-3-5-12-16-18(15,17-13-6-4-2)14-10-8-7-9-11-14/h14H,3-13H2,1-2H3. The maximum atomic E-state index is 12.9. The third-order valence-electron chi connectivity index (χ3n) is 3.56. The fraction of sp³-hybridized carbons (Fsp3) is 1.00. The lowest BCUT2D eigenvalue weighted by molar-refractivity contribution is 0.187. The SMILES string of the molecule is CCCCOP(=O)(OCCCC)C1CCCCC1. The molecular formula is C14H29O3P. The predicted molar refractivity (Wildman–Crippen MR) is 76.2 cm³/mol. The molecule has 0 spiro atoms. The molecule has 0 aromatic rings. The van der Waals surface area contributed by atoms with Gasteiger partial charge in [0.25, 0.3) is 0 Å². The molecule has 0 radical (unpaired) electrons. The van der Waals surface area contributed by atoms with E-state index >= 15 is 0 Å². The van der Waals surface area contributed by atoms with Crippen LogP contribution in [-0.4, -0.2) is 18.9 Å². The fourth-order valence-corrected chi connectivity index (χ4v) is 4.58. The van der Waals surface area contributed by atoms with Crippen LogP contribution in [0.15, 0.2) is 0 Å². The second-order valence-corrected chi connectivity index (χ2v) is 7.53. The van der Waals surface area contributed by atoms with Gasteiger partial charge in [0.2, 0.25) is 0 Å². The van der Waals surface area contributed by atoms with Crippen LogP contribution in [0.25, 0.3) is 0 Å². The van der Waals surface area contributed by atoms with Crippen LogP contribution in [0, 0.1) is 0 Å². The second-order valence-electron chi connectivity index (χ2n) is 5.21. The number of rotatable bonds is 9. The Morgan fingerprint density at radius 1 is 0.944 bits per heavy atom. The van der Waals surface area contributed by atoms with Gasteiger partial charge in [0.1, 0.15) is 0 Å². The molecule has 0 amide bonds. The van der Waals surface area contributed by atoms with Crippen molar-refractivity contribution >= 4 is 7.60 Å². The van der Waals surface area contributed by atoms with Gasteiger partial charge in [0, 0.05) is 0 Å². The Bertz CT molecular complexity index is 235. The smallest absolute Gasteiger partial charge is 0.308 e. The summed E-state index contributed by atoms with van der Waals surface area (Å²) in [6.07, 6.45) is 9.69. The van der Waals surface area contributed by atoms with E-state index < -0.39 is 7.60 Å². The molecule has 0 aromatic carbocycles. The van der Waals surface area contributed by atoms with Gasteiger partial charge in [0.15, 0.2) is 0 Å². The largest absolute Gasteiger partial charge is 0.333 e. The summed E-state index contributed by atoms with van der Waals surface area (Å²) in [7, 11) is -2.85. The Kier molecular flexibility index (Phi) is 8.21. The first kappa shape index (κ1) is 16.2. The first-order chi connectivity index (χ1) is 8.73. The number of unbranched alkanes of at least 4 members (excludes halogenated alkanes) is 2. The van der Waals surface area contributed by atoms with Crippen molar-refractivity contribution in [1.29, 1.82) is 0 Å². The minimum atomic E-state index is -2.85. The molecule has 4 heteroatoms. The van der Waals surface area contributed by atoms with Crippen LogP contribution < -0.4 is 0 Å². The molecule has 0 N–H and O–H groups in total.